The summed E-state index contributed by atoms with van der Waals surface area (Å²) in [6.45, 7) is 3.48. The van der Waals surface area contributed by atoms with Crippen LogP contribution >= 0.6 is 0 Å². The molecule has 0 bridgehead atoms. The van der Waals surface area contributed by atoms with Crippen LogP contribution in [-0.4, -0.2) is 17.1 Å². The highest BCUT2D eigenvalue weighted by Crippen LogP contribution is 2.40. The molecule has 1 fully saturated rings. The SMILES string of the molecule is CC(C)[C@H](O)C(=O)NC1(c2ccc(F)cc2F)CCCC1. The second kappa shape index (κ2) is 6.10. The number of carbonyl (C=O) groups is 1. The molecule has 5 heteroatoms. The molecule has 21 heavy (non-hydrogen) atoms. The minimum absolute atomic E-state index is 0.221. The van der Waals surface area contributed by atoms with E-state index >= 15 is 0 Å². The predicted octanol–water partition coefficient (Wildman–Crippen LogP) is 2.87. The highest BCUT2D eigenvalue weighted by atomic mass is 19.1. The first-order chi connectivity index (χ1) is 9.85. The van der Waals surface area contributed by atoms with Crippen LogP contribution in [0.25, 0.3) is 0 Å². The summed E-state index contributed by atoms with van der Waals surface area (Å²) in [6, 6.07) is 3.42. The van der Waals surface area contributed by atoms with Crippen LogP contribution in [0.5, 0.6) is 0 Å². The molecule has 0 saturated heterocycles. The fourth-order valence-electron chi connectivity index (χ4n) is 2.93. The smallest absolute Gasteiger partial charge is 0.249 e. The van der Waals surface area contributed by atoms with Crippen molar-refractivity contribution in [1.29, 1.82) is 0 Å². The second-order valence-electron chi connectivity index (χ2n) is 6.09. The molecular formula is C16H21F2NO2. The summed E-state index contributed by atoms with van der Waals surface area (Å²) in [5.41, 5.74) is -0.546. The summed E-state index contributed by atoms with van der Waals surface area (Å²) in [7, 11) is 0. The standard InChI is InChI=1S/C16H21F2NO2/c1-10(2)14(20)15(21)19-16(7-3-4-8-16)12-6-5-11(17)9-13(12)18/h5-6,9-10,14,20H,3-4,7-8H2,1-2H3,(H,19,21)/t14-/m0/s1. The van der Waals surface area contributed by atoms with Crippen molar-refractivity contribution in [3.8, 4) is 0 Å². The fraction of sp³-hybridized carbons (Fsp3) is 0.562. The van der Waals surface area contributed by atoms with Crippen molar-refractivity contribution in [2.45, 2.75) is 51.2 Å². The number of hydrogen-bond acceptors (Lipinski definition) is 2. The zero-order valence-corrected chi connectivity index (χ0v) is 12.3. The molecule has 1 aliphatic carbocycles. The highest BCUT2D eigenvalue weighted by Gasteiger charge is 2.40. The fourth-order valence-corrected chi connectivity index (χ4v) is 2.93. The number of aliphatic hydroxyl groups is 1. The molecule has 0 aromatic heterocycles. The molecule has 1 amide bonds. The van der Waals surface area contributed by atoms with Crippen molar-refractivity contribution in [1.82, 2.24) is 5.32 Å². The quantitative estimate of drug-likeness (QED) is 0.898. The number of halogens is 2. The molecule has 0 radical (unpaired) electrons. The Morgan fingerprint density at radius 3 is 2.43 bits per heavy atom. The maximum absolute atomic E-state index is 14.1. The van der Waals surface area contributed by atoms with E-state index in [1.54, 1.807) is 13.8 Å². The Bertz CT molecular complexity index is 525. The number of hydrogen-bond donors (Lipinski definition) is 2. The number of carbonyl (C=O) groups excluding carboxylic acids is 1. The third-order valence-corrected chi connectivity index (χ3v) is 4.17. The van der Waals surface area contributed by atoms with E-state index in [-0.39, 0.29) is 5.92 Å². The van der Waals surface area contributed by atoms with Gasteiger partial charge in [-0.15, -0.1) is 0 Å². The molecule has 0 aliphatic heterocycles. The molecule has 1 saturated carbocycles. The van der Waals surface area contributed by atoms with Gasteiger partial charge in [0.25, 0.3) is 0 Å². The lowest BCUT2D eigenvalue weighted by molar-refractivity contribution is -0.133. The molecule has 2 N–H and O–H groups in total. The lowest BCUT2D eigenvalue weighted by atomic mass is 9.87. The van der Waals surface area contributed by atoms with Crippen LogP contribution in [0.3, 0.4) is 0 Å². The second-order valence-corrected chi connectivity index (χ2v) is 6.09. The normalized spacial score (nSPS) is 18.8. The van der Waals surface area contributed by atoms with Gasteiger partial charge in [-0.25, -0.2) is 8.78 Å². The monoisotopic (exact) mass is 297 g/mol. The summed E-state index contributed by atoms with van der Waals surface area (Å²) in [6.07, 6.45) is 1.76. The van der Waals surface area contributed by atoms with Crippen LogP contribution in [0, 0.1) is 17.6 Å². The van der Waals surface area contributed by atoms with Crippen LogP contribution in [0.15, 0.2) is 18.2 Å². The van der Waals surface area contributed by atoms with Crippen LogP contribution in [0.1, 0.15) is 45.1 Å². The zero-order valence-electron chi connectivity index (χ0n) is 12.3. The molecule has 1 aromatic carbocycles. The Balaban J connectivity index is 2.31. The van der Waals surface area contributed by atoms with E-state index in [0.29, 0.717) is 18.4 Å². The first-order valence-corrected chi connectivity index (χ1v) is 7.31. The van der Waals surface area contributed by atoms with E-state index in [1.165, 1.54) is 12.1 Å². The molecule has 0 spiro atoms. The third kappa shape index (κ3) is 3.23. The summed E-state index contributed by atoms with van der Waals surface area (Å²) in [4.78, 5) is 12.1. The molecule has 3 nitrogen and oxygen atoms in total. The van der Waals surface area contributed by atoms with Gasteiger partial charge in [-0.3, -0.25) is 4.79 Å². The maximum Gasteiger partial charge on any atom is 0.249 e. The van der Waals surface area contributed by atoms with Gasteiger partial charge >= 0.3 is 0 Å². The van der Waals surface area contributed by atoms with Crippen LogP contribution in [0.2, 0.25) is 0 Å². The highest BCUT2D eigenvalue weighted by molar-refractivity contribution is 5.81. The number of benzene rings is 1. The van der Waals surface area contributed by atoms with Gasteiger partial charge in [0, 0.05) is 11.6 Å². The molecule has 116 valence electrons. The lowest BCUT2D eigenvalue weighted by Gasteiger charge is -2.32. The van der Waals surface area contributed by atoms with E-state index in [1.807, 2.05) is 0 Å². The molecule has 0 unspecified atom stereocenters. The van der Waals surface area contributed by atoms with Crippen LogP contribution < -0.4 is 5.32 Å². The largest absolute Gasteiger partial charge is 0.383 e. The topological polar surface area (TPSA) is 49.3 Å². The van der Waals surface area contributed by atoms with Crippen molar-refractivity contribution in [3.63, 3.8) is 0 Å². The Hall–Kier alpha value is -1.49. The zero-order chi connectivity index (χ0) is 15.6. The van der Waals surface area contributed by atoms with E-state index in [0.717, 1.165) is 18.9 Å². The Labute approximate surface area is 123 Å². The predicted molar refractivity (Wildman–Crippen MR) is 75.5 cm³/mol. The van der Waals surface area contributed by atoms with Gasteiger partial charge in [-0.2, -0.15) is 0 Å². The van der Waals surface area contributed by atoms with Gasteiger partial charge in [-0.1, -0.05) is 32.8 Å². The van der Waals surface area contributed by atoms with Crippen molar-refractivity contribution < 1.29 is 18.7 Å². The van der Waals surface area contributed by atoms with Crippen molar-refractivity contribution in [3.05, 3.63) is 35.4 Å². The van der Waals surface area contributed by atoms with E-state index in [9.17, 15) is 18.7 Å². The van der Waals surface area contributed by atoms with Crippen molar-refractivity contribution in [2.75, 3.05) is 0 Å². The number of rotatable bonds is 4. The van der Waals surface area contributed by atoms with Gasteiger partial charge in [0.2, 0.25) is 5.91 Å². The summed E-state index contributed by atoms with van der Waals surface area (Å²) < 4.78 is 27.2. The molecule has 2 rings (SSSR count). The van der Waals surface area contributed by atoms with Gasteiger partial charge < -0.3 is 10.4 Å². The Morgan fingerprint density at radius 1 is 1.29 bits per heavy atom. The lowest BCUT2D eigenvalue weighted by Crippen LogP contribution is -2.49. The van der Waals surface area contributed by atoms with Gasteiger partial charge in [-0.05, 0) is 24.8 Å². The van der Waals surface area contributed by atoms with Crippen molar-refractivity contribution in [2.24, 2.45) is 5.92 Å². The first-order valence-electron chi connectivity index (χ1n) is 7.31. The molecule has 1 atom stereocenters. The average molecular weight is 297 g/mol. The summed E-state index contributed by atoms with van der Waals surface area (Å²) in [5, 5.41) is 12.7. The number of aliphatic hydroxyl groups excluding tert-OH is 1. The third-order valence-electron chi connectivity index (χ3n) is 4.17. The van der Waals surface area contributed by atoms with Gasteiger partial charge in [0.1, 0.15) is 17.7 Å². The molecular weight excluding hydrogens is 276 g/mol. The van der Waals surface area contributed by atoms with E-state index in [4.69, 9.17) is 0 Å². The Kier molecular flexibility index (Phi) is 4.61. The molecule has 1 aromatic rings. The van der Waals surface area contributed by atoms with Gasteiger partial charge in [0.15, 0.2) is 0 Å². The summed E-state index contributed by atoms with van der Waals surface area (Å²) in [5.74, 6) is -2.02. The summed E-state index contributed by atoms with van der Waals surface area (Å²) >= 11 is 0. The van der Waals surface area contributed by atoms with Gasteiger partial charge in [0.05, 0.1) is 5.54 Å². The Morgan fingerprint density at radius 2 is 1.90 bits per heavy atom. The van der Waals surface area contributed by atoms with Crippen molar-refractivity contribution >= 4 is 5.91 Å². The van der Waals surface area contributed by atoms with E-state index in [2.05, 4.69) is 5.32 Å². The van der Waals surface area contributed by atoms with E-state index < -0.39 is 29.2 Å². The number of amides is 1. The maximum atomic E-state index is 14.1. The average Bonchev–Trinajstić information content (AvgIpc) is 2.86. The minimum Gasteiger partial charge on any atom is -0.383 e. The van der Waals surface area contributed by atoms with Crippen LogP contribution in [0.4, 0.5) is 8.78 Å². The minimum atomic E-state index is -1.13. The number of nitrogens with one attached hydrogen (secondary N) is 1. The molecule has 1 aliphatic rings. The van der Waals surface area contributed by atoms with Crippen LogP contribution in [-0.2, 0) is 10.3 Å². The molecule has 0 heterocycles. The first kappa shape index (κ1) is 15.9.